The van der Waals surface area contributed by atoms with E-state index in [1.54, 1.807) is 11.8 Å². The number of rotatable bonds is 3. The highest BCUT2D eigenvalue weighted by Crippen LogP contribution is 2.32. The van der Waals surface area contributed by atoms with Crippen LogP contribution in [0.15, 0.2) is 41.6 Å². The number of thioether (sulfide) groups is 1. The predicted molar refractivity (Wildman–Crippen MR) is 97.1 cm³/mol. The first-order valence-corrected chi connectivity index (χ1v) is 8.59. The Balaban J connectivity index is 2.00. The molecule has 116 valence electrons. The second-order valence-corrected chi connectivity index (χ2v) is 6.32. The van der Waals surface area contributed by atoms with Crippen LogP contribution in [-0.2, 0) is 7.05 Å². The molecule has 3 aromatic heterocycles. The summed E-state index contributed by atoms with van der Waals surface area (Å²) in [6, 6.07) is 10.7. The molecule has 0 spiro atoms. The Labute approximate surface area is 138 Å². The van der Waals surface area contributed by atoms with Crippen LogP contribution in [0, 0.1) is 0 Å². The molecule has 0 radical (unpaired) electrons. The number of aryl methyl sites for hydroxylation is 1. The molecule has 0 atom stereocenters. The highest BCUT2D eigenvalue weighted by Gasteiger charge is 2.15. The van der Waals surface area contributed by atoms with Gasteiger partial charge in [0, 0.05) is 30.1 Å². The Kier molecular flexibility index (Phi) is 3.27. The lowest BCUT2D eigenvalue weighted by Gasteiger charge is -2.02. The number of aromatic amines is 1. The van der Waals surface area contributed by atoms with E-state index in [-0.39, 0.29) is 0 Å². The number of hydrogen-bond donors (Lipinski definition) is 2. The zero-order chi connectivity index (χ0) is 16.0. The number of pyridine rings is 1. The second kappa shape index (κ2) is 5.31. The maximum absolute atomic E-state index is 4.68. The first kappa shape index (κ1) is 14.1. The summed E-state index contributed by atoms with van der Waals surface area (Å²) in [5.74, 6) is 0.791. The van der Waals surface area contributed by atoms with E-state index in [2.05, 4.69) is 56.9 Å². The summed E-state index contributed by atoms with van der Waals surface area (Å²) >= 11 is 1.74. The van der Waals surface area contributed by atoms with Crippen LogP contribution in [0.2, 0.25) is 0 Å². The van der Waals surface area contributed by atoms with Gasteiger partial charge in [-0.3, -0.25) is 0 Å². The molecule has 4 aromatic rings. The molecule has 5 nitrogen and oxygen atoms in total. The van der Waals surface area contributed by atoms with Gasteiger partial charge in [0.2, 0.25) is 0 Å². The third-order valence-corrected chi connectivity index (χ3v) is 4.78. The van der Waals surface area contributed by atoms with Crippen LogP contribution in [0.5, 0.6) is 0 Å². The minimum absolute atomic E-state index is 0.791. The van der Waals surface area contributed by atoms with Gasteiger partial charge in [-0.15, -0.1) is 11.8 Å². The van der Waals surface area contributed by atoms with Crippen LogP contribution in [0.1, 0.15) is 0 Å². The summed E-state index contributed by atoms with van der Waals surface area (Å²) in [5.41, 5.74) is 5.08. The van der Waals surface area contributed by atoms with Gasteiger partial charge in [0.25, 0.3) is 0 Å². The van der Waals surface area contributed by atoms with Gasteiger partial charge in [0.15, 0.2) is 5.82 Å². The van der Waals surface area contributed by atoms with Crippen molar-refractivity contribution < 1.29 is 0 Å². The van der Waals surface area contributed by atoms with Gasteiger partial charge < -0.3 is 14.9 Å². The molecule has 6 heteroatoms. The van der Waals surface area contributed by atoms with Gasteiger partial charge in [-0.25, -0.2) is 9.97 Å². The minimum atomic E-state index is 0.791. The number of nitrogens with zero attached hydrogens (tertiary/aromatic N) is 3. The fourth-order valence-corrected chi connectivity index (χ4v) is 3.38. The van der Waals surface area contributed by atoms with E-state index in [1.165, 1.54) is 4.90 Å². The van der Waals surface area contributed by atoms with Gasteiger partial charge in [-0.2, -0.15) is 0 Å². The highest BCUT2D eigenvalue weighted by molar-refractivity contribution is 7.98. The molecule has 0 bridgehead atoms. The van der Waals surface area contributed by atoms with Gasteiger partial charge in [0.1, 0.15) is 11.2 Å². The Morgan fingerprint density at radius 1 is 1.26 bits per heavy atom. The summed E-state index contributed by atoms with van der Waals surface area (Å²) in [6.07, 6.45) is 3.91. The van der Waals surface area contributed by atoms with Crippen molar-refractivity contribution in [3.05, 3.63) is 36.7 Å². The molecular formula is C17H17N5S. The molecule has 0 saturated carbocycles. The van der Waals surface area contributed by atoms with Gasteiger partial charge in [0.05, 0.1) is 11.8 Å². The third kappa shape index (κ3) is 2.17. The van der Waals surface area contributed by atoms with Crippen LogP contribution < -0.4 is 5.32 Å². The van der Waals surface area contributed by atoms with Crippen LogP contribution >= 0.6 is 11.8 Å². The second-order valence-electron chi connectivity index (χ2n) is 5.44. The third-order valence-electron chi connectivity index (χ3n) is 4.05. The number of anilines is 1. The van der Waals surface area contributed by atoms with Gasteiger partial charge >= 0.3 is 0 Å². The molecule has 0 aliphatic heterocycles. The molecular weight excluding hydrogens is 306 g/mol. The van der Waals surface area contributed by atoms with Crippen molar-refractivity contribution in [3.8, 4) is 11.3 Å². The molecule has 0 saturated heterocycles. The summed E-state index contributed by atoms with van der Waals surface area (Å²) in [5, 5.41) is 4.22. The number of imidazole rings is 1. The van der Waals surface area contributed by atoms with E-state index in [9.17, 15) is 0 Å². The van der Waals surface area contributed by atoms with E-state index >= 15 is 0 Å². The van der Waals surface area contributed by atoms with Crippen molar-refractivity contribution in [2.45, 2.75) is 4.90 Å². The lowest BCUT2D eigenvalue weighted by Crippen LogP contribution is -1.95. The maximum atomic E-state index is 4.68. The topological polar surface area (TPSA) is 58.5 Å². The molecule has 0 aliphatic carbocycles. The highest BCUT2D eigenvalue weighted by atomic mass is 32.2. The molecule has 4 rings (SSSR count). The fraction of sp³-hybridized carbons (Fsp3) is 0.176. The monoisotopic (exact) mass is 323 g/mol. The SMILES string of the molecule is CNc1nc2[nH]c(-c3cccc(SC)c3)cc2c2c1ncn2C. The lowest BCUT2D eigenvalue weighted by molar-refractivity contribution is 0.951. The molecule has 23 heavy (non-hydrogen) atoms. The standard InChI is InChI=1S/C17H17N5S/c1-18-17-14-15(22(2)9-19-14)12-8-13(20-16(12)21-17)10-5-4-6-11(7-10)23-3/h4-9H,1-3H3,(H2,18,20,21). The van der Waals surface area contributed by atoms with E-state index in [0.717, 1.165) is 39.1 Å². The molecule has 0 fully saturated rings. The van der Waals surface area contributed by atoms with Crippen molar-refractivity contribution in [2.24, 2.45) is 7.05 Å². The Morgan fingerprint density at radius 2 is 2.13 bits per heavy atom. The first-order chi connectivity index (χ1) is 11.2. The summed E-state index contributed by atoms with van der Waals surface area (Å²) in [7, 11) is 3.88. The van der Waals surface area contributed by atoms with Gasteiger partial charge in [-0.1, -0.05) is 12.1 Å². The molecule has 1 aromatic carbocycles. The van der Waals surface area contributed by atoms with Crippen LogP contribution in [0.3, 0.4) is 0 Å². The molecule has 0 aliphatic rings. The maximum Gasteiger partial charge on any atom is 0.156 e. The molecule has 3 heterocycles. The van der Waals surface area contributed by atoms with E-state index < -0.39 is 0 Å². The molecule has 0 unspecified atom stereocenters. The Bertz CT molecular complexity index is 1010. The zero-order valence-corrected chi connectivity index (χ0v) is 14.0. The largest absolute Gasteiger partial charge is 0.371 e. The Morgan fingerprint density at radius 3 is 2.91 bits per heavy atom. The summed E-state index contributed by atoms with van der Waals surface area (Å²) < 4.78 is 2.04. The summed E-state index contributed by atoms with van der Waals surface area (Å²) in [6.45, 7) is 0. The number of fused-ring (bicyclic) bond motifs is 3. The average molecular weight is 323 g/mol. The number of aromatic nitrogens is 4. The quantitative estimate of drug-likeness (QED) is 0.562. The lowest BCUT2D eigenvalue weighted by atomic mass is 10.1. The fourth-order valence-electron chi connectivity index (χ4n) is 2.92. The van der Waals surface area contributed by atoms with E-state index in [0.29, 0.717) is 0 Å². The zero-order valence-electron chi connectivity index (χ0n) is 13.2. The van der Waals surface area contributed by atoms with Crippen molar-refractivity contribution in [1.29, 1.82) is 0 Å². The van der Waals surface area contributed by atoms with Crippen LogP contribution in [0.4, 0.5) is 5.82 Å². The van der Waals surface area contributed by atoms with Crippen molar-refractivity contribution in [2.75, 3.05) is 18.6 Å². The first-order valence-electron chi connectivity index (χ1n) is 7.37. The minimum Gasteiger partial charge on any atom is -0.371 e. The average Bonchev–Trinajstić information content (AvgIpc) is 3.17. The summed E-state index contributed by atoms with van der Waals surface area (Å²) in [4.78, 5) is 13.8. The van der Waals surface area contributed by atoms with Crippen molar-refractivity contribution in [3.63, 3.8) is 0 Å². The number of hydrogen-bond acceptors (Lipinski definition) is 4. The van der Waals surface area contributed by atoms with Crippen LogP contribution in [-0.4, -0.2) is 32.8 Å². The van der Waals surface area contributed by atoms with Crippen LogP contribution in [0.25, 0.3) is 33.3 Å². The van der Waals surface area contributed by atoms with Gasteiger partial charge in [-0.05, 0) is 30.0 Å². The van der Waals surface area contributed by atoms with E-state index in [1.807, 2.05) is 25.0 Å². The smallest absolute Gasteiger partial charge is 0.156 e. The normalized spacial score (nSPS) is 11.4. The van der Waals surface area contributed by atoms with E-state index in [4.69, 9.17) is 0 Å². The molecule has 2 N–H and O–H groups in total. The Hall–Kier alpha value is -2.47. The predicted octanol–water partition coefficient (Wildman–Crippen LogP) is 3.88. The molecule has 0 amide bonds. The number of benzene rings is 1. The number of H-pyrrole nitrogens is 1. The van der Waals surface area contributed by atoms with Crippen molar-refractivity contribution in [1.82, 2.24) is 19.5 Å². The number of nitrogens with one attached hydrogen (secondary N) is 2. The van der Waals surface area contributed by atoms with Crippen molar-refractivity contribution >= 4 is 39.6 Å².